The molecule has 0 amide bonds. The van der Waals surface area contributed by atoms with Crippen molar-refractivity contribution in [1.29, 1.82) is 0 Å². The van der Waals surface area contributed by atoms with Crippen molar-refractivity contribution in [3.05, 3.63) is 90.0 Å². The van der Waals surface area contributed by atoms with Gasteiger partial charge in [-0.3, -0.25) is 28.2 Å². The summed E-state index contributed by atoms with van der Waals surface area (Å²) in [5, 5.41) is 28.8. The van der Waals surface area contributed by atoms with Crippen molar-refractivity contribution < 1.29 is 75.1 Å². The predicted octanol–water partition coefficient (Wildman–Crippen LogP) is 4.83. The summed E-state index contributed by atoms with van der Waals surface area (Å²) in [6, 6.07) is 13.2. The van der Waals surface area contributed by atoms with E-state index in [1.807, 2.05) is 0 Å². The molecule has 13 N–H and O–H groups in total. The molecule has 0 atom stereocenters. The summed E-state index contributed by atoms with van der Waals surface area (Å²) < 4.78 is 171. The van der Waals surface area contributed by atoms with Crippen LogP contribution >= 0.6 is 0 Å². The molecule has 62 heavy (non-hydrogen) atoms. The van der Waals surface area contributed by atoms with Crippen LogP contribution in [0, 0.1) is 0 Å². The van der Waals surface area contributed by atoms with Crippen molar-refractivity contribution in [3.63, 3.8) is 0 Å². The average molecular weight is 953 g/mol. The van der Waals surface area contributed by atoms with Gasteiger partial charge < -0.3 is 27.1 Å². The summed E-state index contributed by atoms with van der Waals surface area (Å²) in [6.45, 7) is 0. The molecule has 6 rings (SSSR count). The number of nitrogen functional groups attached to an aromatic ring is 2. The van der Waals surface area contributed by atoms with Gasteiger partial charge in [0.05, 0.1) is 16.3 Å². The van der Waals surface area contributed by atoms with Gasteiger partial charge in [-0.15, -0.1) is 5.11 Å². The number of hydrogen-bond donors (Lipinski definition) is 11. The Morgan fingerprint density at radius 2 is 1.08 bits per heavy atom. The summed E-state index contributed by atoms with van der Waals surface area (Å²) in [6.07, 6.45) is 2.00. The van der Waals surface area contributed by atoms with Crippen molar-refractivity contribution in [1.82, 2.24) is 0 Å². The molecule has 0 aromatic heterocycles. The maximum absolute atomic E-state index is 12.5. The van der Waals surface area contributed by atoms with Crippen molar-refractivity contribution in [3.8, 4) is 11.5 Å². The van der Waals surface area contributed by atoms with Crippen LogP contribution in [0.25, 0.3) is 33.7 Å². The third-order valence-corrected chi connectivity index (χ3v) is 13.1. The zero-order valence-electron chi connectivity index (χ0n) is 30.5. The number of azo groups is 1. The Morgan fingerprint density at radius 3 is 1.66 bits per heavy atom. The second-order valence-corrected chi connectivity index (χ2v) is 19.9. The minimum atomic E-state index is -5.21. The van der Waals surface area contributed by atoms with E-state index in [-0.39, 0.29) is 49.7 Å². The van der Waals surface area contributed by atoms with E-state index in [1.54, 1.807) is 0 Å². The first-order chi connectivity index (χ1) is 28.5. The van der Waals surface area contributed by atoms with Gasteiger partial charge in [0.15, 0.2) is 11.5 Å². The van der Waals surface area contributed by atoms with Crippen LogP contribution in [0.1, 0.15) is 11.1 Å². The first-order valence-electron chi connectivity index (χ1n) is 16.5. The molecular weight excluding hydrogens is 925 g/mol. The summed E-state index contributed by atoms with van der Waals surface area (Å²) in [5.74, 6) is -1.72. The highest BCUT2D eigenvalue weighted by atomic mass is 32.2. The normalized spacial score (nSPS) is 13.0. The number of rotatable bonds is 12. The fraction of sp³-hybridized carbons (Fsp3) is 0. The minimum Gasteiger partial charge on any atom is -0.505 e. The molecule has 0 heterocycles. The number of aromatic hydroxyl groups is 2. The molecule has 0 aliphatic rings. The molecule has 0 spiro atoms. The Labute approximate surface area is 350 Å². The van der Waals surface area contributed by atoms with Gasteiger partial charge in [0.2, 0.25) is 0 Å². The highest BCUT2D eigenvalue weighted by Crippen LogP contribution is 2.44. The number of phenolic OH excluding ortho intramolecular Hbond substituents is 2. The third kappa shape index (κ3) is 9.37. The highest BCUT2D eigenvalue weighted by molar-refractivity contribution is 7.87. The number of hydrogen-bond acceptors (Lipinski definition) is 18. The molecular formula is C34H28N6O17S5. The van der Waals surface area contributed by atoms with Gasteiger partial charge in [-0.2, -0.15) is 47.2 Å². The van der Waals surface area contributed by atoms with E-state index >= 15 is 0 Å². The average Bonchev–Trinajstić information content (AvgIpc) is 3.14. The Balaban J connectivity index is 1.35. The van der Waals surface area contributed by atoms with Gasteiger partial charge in [-0.25, -0.2) is 0 Å². The molecule has 23 nitrogen and oxygen atoms in total. The van der Waals surface area contributed by atoms with Gasteiger partial charge in [0, 0.05) is 22.1 Å². The molecule has 0 fully saturated rings. The second-order valence-electron chi connectivity index (χ2n) is 12.9. The molecule has 0 saturated carbocycles. The monoisotopic (exact) mass is 952 g/mol. The molecule has 0 radical (unpaired) electrons. The quantitative estimate of drug-likeness (QED) is 0.0195. The van der Waals surface area contributed by atoms with Gasteiger partial charge in [0.25, 0.3) is 50.6 Å². The number of hydrazine groups is 1. The maximum Gasteiger partial charge on any atom is 0.296 e. The van der Waals surface area contributed by atoms with E-state index in [1.165, 1.54) is 18.2 Å². The Kier molecular flexibility index (Phi) is 11.5. The lowest BCUT2D eigenvalue weighted by atomic mass is 10.1. The van der Waals surface area contributed by atoms with E-state index in [0.717, 1.165) is 66.7 Å². The largest absolute Gasteiger partial charge is 0.505 e. The second kappa shape index (κ2) is 15.8. The van der Waals surface area contributed by atoms with Crippen LogP contribution in [0.15, 0.2) is 114 Å². The Morgan fingerprint density at radius 1 is 0.516 bits per heavy atom. The SMILES string of the molecule is Nc1ccc2cc(S(=O)(=O)O)c(N=Nc3ccc(C=Cc4ccc(NNc5c(S(=O)(=O)O)cc6cc(S(=O)(=O)O)cc(N)c6c5O)cc4S(=O)(=O)O)c(S(=O)(=O)O)c3)c(O)c2c1. The summed E-state index contributed by atoms with van der Waals surface area (Å²) in [5.41, 5.74) is 13.3. The number of benzene rings is 6. The highest BCUT2D eigenvalue weighted by Gasteiger charge is 2.26. The topological polar surface area (TPSA) is 413 Å². The zero-order chi connectivity index (χ0) is 45.9. The van der Waals surface area contributed by atoms with Crippen LogP contribution in [-0.4, -0.2) is 75.1 Å². The van der Waals surface area contributed by atoms with E-state index in [4.69, 9.17) is 11.5 Å². The molecule has 0 aliphatic carbocycles. The van der Waals surface area contributed by atoms with E-state index in [9.17, 15) is 75.1 Å². The number of phenols is 2. The third-order valence-electron chi connectivity index (χ3n) is 8.72. The number of nitrogens with two attached hydrogens (primary N) is 2. The fourth-order valence-corrected chi connectivity index (χ4v) is 9.27. The first-order valence-corrected chi connectivity index (χ1v) is 23.7. The van der Waals surface area contributed by atoms with Gasteiger partial charge in [0.1, 0.15) is 31.0 Å². The lowest BCUT2D eigenvalue weighted by molar-refractivity contribution is 0.472. The predicted molar refractivity (Wildman–Crippen MR) is 222 cm³/mol. The fourth-order valence-electron chi connectivity index (χ4n) is 5.97. The van der Waals surface area contributed by atoms with E-state index < -0.39 is 104 Å². The van der Waals surface area contributed by atoms with E-state index in [2.05, 4.69) is 21.1 Å². The van der Waals surface area contributed by atoms with Gasteiger partial charge >= 0.3 is 0 Å². The van der Waals surface area contributed by atoms with Crippen LogP contribution in [0.3, 0.4) is 0 Å². The molecule has 0 bridgehead atoms. The summed E-state index contributed by atoms with van der Waals surface area (Å²) in [4.78, 5) is -4.36. The lowest BCUT2D eigenvalue weighted by Crippen LogP contribution is -2.14. The summed E-state index contributed by atoms with van der Waals surface area (Å²) in [7, 11) is -25.3. The van der Waals surface area contributed by atoms with Gasteiger partial charge in [-0.05, 0) is 82.6 Å². The van der Waals surface area contributed by atoms with Crippen molar-refractivity contribution in [2.45, 2.75) is 24.5 Å². The number of nitrogens with one attached hydrogen (secondary N) is 2. The maximum atomic E-state index is 12.5. The molecule has 0 unspecified atom stereocenters. The zero-order valence-corrected chi connectivity index (χ0v) is 34.5. The van der Waals surface area contributed by atoms with Crippen LogP contribution in [0.2, 0.25) is 0 Å². The molecule has 6 aromatic rings. The van der Waals surface area contributed by atoms with E-state index in [0.29, 0.717) is 6.07 Å². The number of nitrogens with zero attached hydrogens (tertiary/aromatic N) is 2. The first kappa shape index (κ1) is 45.1. The van der Waals surface area contributed by atoms with Crippen molar-refractivity contribution in [2.75, 3.05) is 22.3 Å². The Hall–Kier alpha value is -6.47. The van der Waals surface area contributed by atoms with Crippen molar-refractivity contribution >= 4 is 118 Å². The van der Waals surface area contributed by atoms with Crippen LogP contribution in [-0.2, 0) is 50.6 Å². The standard InChI is InChI=1S/C34H28N6O17S5/c35-20-6-3-18-10-28(61(52,53)54)31(33(41)24(18)12-20)39-37-21-7-4-16(26(13-21)59(46,47)48)1-2-17-5-8-22(14-27(17)60(49,50)51)38-40-32-29(62(55,56)57)11-19-9-23(58(43,44)45)15-25(36)30(19)34(32)42/h1-15,38,40-42H,35-36H2,(H,43,44,45)(H,46,47,48)(H,49,50,51)(H,52,53,54)(H,55,56,57). The van der Waals surface area contributed by atoms with Crippen molar-refractivity contribution in [2.24, 2.45) is 10.2 Å². The summed E-state index contributed by atoms with van der Waals surface area (Å²) >= 11 is 0. The number of anilines is 4. The molecule has 0 saturated heterocycles. The van der Waals surface area contributed by atoms with Gasteiger partial charge in [-0.1, -0.05) is 30.4 Å². The van der Waals surface area contributed by atoms with Crippen LogP contribution in [0.4, 0.5) is 34.1 Å². The van der Waals surface area contributed by atoms with Crippen LogP contribution in [0.5, 0.6) is 11.5 Å². The molecule has 28 heteroatoms. The lowest BCUT2D eigenvalue weighted by Gasteiger charge is -2.18. The molecule has 0 aliphatic heterocycles. The molecule has 326 valence electrons. The number of fused-ring (bicyclic) bond motifs is 2. The smallest absolute Gasteiger partial charge is 0.296 e. The van der Waals surface area contributed by atoms with Crippen LogP contribution < -0.4 is 22.3 Å². The molecule has 6 aromatic carbocycles. The Bertz CT molecular complexity index is 3550. The minimum absolute atomic E-state index is 0.0251.